The molecule has 0 spiro atoms. The standard InChI is InChI=1S/C10H16N2O2/c1-4-8(10(13)14-3)7-9-11-5-6-12(9)2/h5-6,8H,4,7H2,1-3H3. The highest BCUT2D eigenvalue weighted by atomic mass is 16.5. The second-order valence-electron chi connectivity index (χ2n) is 3.29. The molecule has 78 valence electrons. The molecular formula is C10H16N2O2. The van der Waals surface area contributed by atoms with Crippen LogP contribution in [-0.4, -0.2) is 22.6 Å². The predicted molar refractivity (Wildman–Crippen MR) is 52.7 cm³/mol. The third-order valence-corrected chi connectivity index (χ3v) is 2.38. The molecule has 0 aliphatic heterocycles. The first kappa shape index (κ1) is 10.8. The number of methoxy groups -OCH3 is 1. The summed E-state index contributed by atoms with van der Waals surface area (Å²) in [5.74, 6) is 0.679. The second kappa shape index (κ2) is 4.79. The number of hydrogen-bond acceptors (Lipinski definition) is 3. The molecule has 14 heavy (non-hydrogen) atoms. The fourth-order valence-corrected chi connectivity index (χ4v) is 1.37. The summed E-state index contributed by atoms with van der Waals surface area (Å²) in [4.78, 5) is 15.5. The fraction of sp³-hybridized carbons (Fsp3) is 0.600. The van der Waals surface area contributed by atoms with Gasteiger partial charge in [0.1, 0.15) is 5.82 Å². The highest BCUT2D eigenvalue weighted by Crippen LogP contribution is 2.11. The van der Waals surface area contributed by atoms with Gasteiger partial charge in [-0.3, -0.25) is 4.79 Å². The molecule has 4 heteroatoms. The molecule has 1 rings (SSSR count). The fourth-order valence-electron chi connectivity index (χ4n) is 1.37. The molecule has 0 saturated heterocycles. The molecule has 0 aliphatic rings. The van der Waals surface area contributed by atoms with Crippen LogP contribution in [0, 0.1) is 5.92 Å². The van der Waals surface area contributed by atoms with E-state index in [0.29, 0.717) is 6.42 Å². The largest absolute Gasteiger partial charge is 0.469 e. The lowest BCUT2D eigenvalue weighted by molar-refractivity contribution is -0.145. The summed E-state index contributed by atoms with van der Waals surface area (Å²) >= 11 is 0. The van der Waals surface area contributed by atoms with Crippen molar-refractivity contribution in [2.75, 3.05) is 7.11 Å². The van der Waals surface area contributed by atoms with E-state index in [4.69, 9.17) is 4.74 Å². The summed E-state index contributed by atoms with van der Waals surface area (Å²) in [5.41, 5.74) is 0. The average molecular weight is 196 g/mol. The molecule has 0 bridgehead atoms. The van der Waals surface area contributed by atoms with Crippen molar-refractivity contribution >= 4 is 5.97 Å². The number of carbonyl (C=O) groups excluding carboxylic acids is 1. The zero-order valence-corrected chi connectivity index (χ0v) is 8.86. The number of imidazole rings is 1. The van der Waals surface area contributed by atoms with Gasteiger partial charge in [-0.1, -0.05) is 6.92 Å². The molecular weight excluding hydrogens is 180 g/mol. The predicted octanol–water partition coefficient (Wildman–Crippen LogP) is 1.16. The van der Waals surface area contributed by atoms with Crippen LogP contribution in [0.5, 0.6) is 0 Å². The Morgan fingerprint density at radius 2 is 2.43 bits per heavy atom. The Kier molecular flexibility index (Phi) is 3.68. The van der Waals surface area contributed by atoms with Crippen LogP contribution in [0.4, 0.5) is 0 Å². The van der Waals surface area contributed by atoms with Gasteiger partial charge in [-0.05, 0) is 6.42 Å². The zero-order chi connectivity index (χ0) is 10.6. The smallest absolute Gasteiger partial charge is 0.309 e. The molecule has 0 radical (unpaired) electrons. The highest BCUT2D eigenvalue weighted by Gasteiger charge is 2.19. The number of esters is 1. The molecule has 1 unspecified atom stereocenters. The molecule has 0 aliphatic carbocycles. The monoisotopic (exact) mass is 196 g/mol. The number of nitrogens with zero attached hydrogens (tertiary/aromatic N) is 2. The Labute approximate surface area is 83.9 Å². The minimum Gasteiger partial charge on any atom is -0.469 e. The van der Waals surface area contributed by atoms with Gasteiger partial charge in [0.25, 0.3) is 0 Å². The number of rotatable bonds is 4. The Hall–Kier alpha value is -1.32. The third kappa shape index (κ3) is 2.34. The zero-order valence-electron chi connectivity index (χ0n) is 8.86. The molecule has 1 aromatic rings. The Balaban J connectivity index is 2.66. The van der Waals surface area contributed by atoms with E-state index < -0.39 is 0 Å². The van der Waals surface area contributed by atoms with E-state index in [1.807, 2.05) is 24.7 Å². The van der Waals surface area contributed by atoms with E-state index in [-0.39, 0.29) is 11.9 Å². The minimum absolute atomic E-state index is 0.0823. The van der Waals surface area contributed by atoms with Gasteiger partial charge in [0, 0.05) is 25.9 Å². The summed E-state index contributed by atoms with van der Waals surface area (Å²) < 4.78 is 6.64. The van der Waals surface area contributed by atoms with Crippen molar-refractivity contribution in [1.29, 1.82) is 0 Å². The van der Waals surface area contributed by atoms with Crippen molar-refractivity contribution in [3.05, 3.63) is 18.2 Å². The van der Waals surface area contributed by atoms with Crippen LogP contribution in [0.25, 0.3) is 0 Å². The molecule has 0 amide bonds. The van der Waals surface area contributed by atoms with Crippen molar-refractivity contribution < 1.29 is 9.53 Å². The lowest BCUT2D eigenvalue weighted by Crippen LogP contribution is -2.19. The topological polar surface area (TPSA) is 44.1 Å². The quantitative estimate of drug-likeness (QED) is 0.679. The van der Waals surface area contributed by atoms with Gasteiger partial charge in [0.15, 0.2) is 0 Å². The first-order chi connectivity index (χ1) is 6.69. The van der Waals surface area contributed by atoms with Crippen LogP contribution in [0.1, 0.15) is 19.2 Å². The van der Waals surface area contributed by atoms with Crippen molar-refractivity contribution in [3.63, 3.8) is 0 Å². The first-order valence-corrected chi connectivity index (χ1v) is 4.73. The molecule has 4 nitrogen and oxygen atoms in total. The van der Waals surface area contributed by atoms with Crippen LogP contribution < -0.4 is 0 Å². The Morgan fingerprint density at radius 3 is 2.86 bits per heavy atom. The summed E-state index contributed by atoms with van der Waals surface area (Å²) in [7, 11) is 3.34. The highest BCUT2D eigenvalue weighted by molar-refractivity contribution is 5.72. The molecule has 1 heterocycles. The number of carbonyl (C=O) groups is 1. The molecule has 1 aromatic heterocycles. The maximum atomic E-state index is 11.3. The lowest BCUT2D eigenvalue weighted by atomic mass is 10.0. The van der Waals surface area contributed by atoms with E-state index in [0.717, 1.165) is 12.2 Å². The molecule has 1 atom stereocenters. The summed E-state index contributed by atoms with van der Waals surface area (Å²) in [5, 5.41) is 0. The van der Waals surface area contributed by atoms with Crippen LogP contribution in [-0.2, 0) is 23.0 Å². The summed E-state index contributed by atoms with van der Waals surface area (Å²) in [6.45, 7) is 1.98. The van der Waals surface area contributed by atoms with E-state index in [2.05, 4.69) is 4.98 Å². The Bertz CT molecular complexity index is 307. The van der Waals surface area contributed by atoms with Crippen molar-refractivity contribution in [2.24, 2.45) is 13.0 Å². The van der Waals surface area contributed by atoms with Gasteiger partial charge in [-0.25, -0.2) is 4.98 Å². The maximum Gasteiger partial charge on any atom is 0.309 e. The maximum absolute atomic E-state index is 11.3. The van der Waals surface area contributed by atoms with E-state index in [9.17, 15) is 4.79 Å². The summed E-state index contributed by atoms with van der Waals surface area (Å²) in [6, 6.07) is 0. The van der Waals surface area contributed by atoms with Gasteiger partial charge < -0.3 is 9.30 Å². The van der Waals surface area contributed by atoms with Crippen LogP contribution >= 0.6 is 0 Å². The van der Waals surface area contributed by atoms with Crippen LogP contribution in [0.2, 0.25) is 0 Å². The molecule has 0 aromatic carbocycles. The van der Waals surface area contributed by atoms with Gasteiger partial charge in [0.2, 0.25) is 0 Å². The van der Waals surface area contributed by atoms with Crippen LogP contribution in [0.3, 0.4) is 0 Å². The van der Waals surface area contributed by atoms with Crippen LogP contribution in [0.15, 0.2) is 12.4 Å². The van der Waals surface area contributed by atoms with Gasteiger partial charge in [-0.15, -0.1) is 0 Å². The summed E-state index contributed by atoms with van der Waals surface area (Å²) in [6.07, 6.45) is 5.03. The lowest BCUT2D eigenvalue weighted by Gasteiger charge is -2.11. The number of aryl methyl sites for hydroxylation is 1. The minimum atomic E-state index is -0.157. The molecule has 0 N–H and O–H groups in total. The van der Waals surface area contributed by atoms with Crippen molar-refractivity contribution in [3.8, 4) is 0 Å². The third-order valence-electron chi connectivity index (χ3n) is 2.38. The molecule has 0 fully saturated rings. The SMILES string of the molecule is CCC(Cc1nccn1C)C(=O)OC. The van der Waals surface area contributed by atoms with Crippen molar-refractivity contribution in [1.82, 2.24) is 9.55 Å². The number of ether oxygens (including phenoxy) is 1. The first-order valence-electron chi connectivity index (χ1n) is 4.73. The van der Waals surface area contributed by atoms with Gasteiger partial charge in [0.05, 0.1) is 13.0 Å². The second-order valence-corrected chi connectivity index (χ2v) is 3.29. The molecule has 0 saturated carbocycles. The Morgan fingerprint density at radius 1 is 1.71 bits per heavy atom. The van der Waals surface area contributed by atoms with Crippen molar-refractivity contribution in [2.45, 2.75) is 19.8 Å². The van der Waals surface area contributed by atoms with E-state index >= 15 is 0 Å². The normalized spacial score (nSPS) is 12.5. The van der Waals surface area contributed by atoms with E-state index in [1.54, 1.807) is 6.20 Å². The number of hydrogen-bond donors (Lipinski definition) is 0. The van der Waals surface area contributed by atoms with Gasteiger partial charge >= 0.3 is 5.97 Å². The van der Waals surface area contributed by atoms with Gasteiger partial charge in [-0.2, -0.15) is 0 Å². The average Bonchev–Trinajstić information content (AvgIpc) is 2.59. The number of aromatic nitrogens is 2. The van der Waals surface area contributed by atoms with E-state index in [1.165, 1.54) is 7.11 Å².